The molecule has 188 valence electrons. The van der Waals surface area contributed by atoms with Crippen molar-refractivity contribution < 1.29 is 27.1 Å². The monoisotopic (exact) mass is 509 g/mol. The molecular weight excluding hydrogens is 482 g/mol. The van der Waals surface area contributed by atoms with Crippen LogP contribution < -0.4 is 4.90 Å². The number of anilines is 1. The molecule has 0 bridgehead atoms. The Balaban J connectivity index is 1.44. The summed E-state index contributed by atoms with van der Waals surface area (Å²) in [5.41, 5.74) is 2.11. The van der Waals surface area contributed by atoms with Gasteiger partial charge in [0.15, 0.2) is 5.13 Å². The highest BCUT2D eigenvalue weighted by Gasteiger charge is 2.35. The number of hydrogen-bond acceptors (Lipinski definition) is 6. The second kappa shape index (κ2) is 10.5. The topological polar surface area (TPSA) is 45.7 Å². The molecule has 0 amide bonds. The van der Waals surface area contributed by atoms with Crippen molar-refractivity contribution in [3.63, 3.8) is 0 Å². The van der Waals surface area contributed by atoms with Crippen LogP contribution >= 0.6 is 11.3 Å². The smallest absolute Gasteiger partial charge is 0.419 e. The minimum atomic E-state index is -4.74. The lowest BCUT2D eigenvalue weighted by molar-refractivity contribution is -0.142. The van der Waals surface area contributed by atoms with Gasteiger partial charge in [-0.1, -0.05) is 35.1 Å². The van der Waals surface area contributed by atoms with Gasteiger partial charge in [0, 0.05) is 38.8 Å². The summed E-state index contributed by atoms with van der Waals surface area (Å²) in [7, 11) is 0. The van der Waals surface area contributed by atoms with E-state index in [9.17, 15) is 22.4 Å². The van der Waals surface area contributed by atoms with Crippen molar-refractivity contribution in [1.82, 2.24) is 9.88 Å². The van der Waals surface area contributed by atoms with Crippen molar-refractivity contribution in [3.8, 4) is 0 Å². The van der Waals surface area contributed by atoms with Crippen LogP contribution in [-0.2, 0) is 28.7 Å². The molecule has 3 aromatic rings. The zero-order valence-corrected chi connectivity index (χ0v) is 20.4. The number of hydrogen-bond donors (Lipinski definition) is 0. The van der Waals surface area contributed by atoms with Crippen molar-refractivity contribution in [3.05, 3.63) is 58.4 Å². The molecule has 0 spiro atoms. The van der Waals surface area contributed by atoms with Crippen LogP contribution in [0.3, 0.4) is 0 Å². The van der Waals surface area contributed by atoms with Crippen LogP contribution in [0.2, 0.25) is 0 Å². The van der Waals surface area contributed by atoms with Gasteiger partial charge in [-0.05, 0) is 37.5 Å². The van der Waals surface area contributed by atoms with Crippen molar-refractivity contribution >= 4 is 32.7 Å². The number of aromatic nitrogens is 1. The van der Waals surface area contributed by atoms with Gasteiger partial charge >= 0.3 is 12.1 Å². The molecule has 0 unspecified atom stereocenters. The summed E-state index contributed by atoms with van der Waals surface area (Å²) >= 11 is 1.16. The molecule has 2 aromatic carbocycles. The summed E-state index contributed by atoms with van der Waals surface area (Å²) in [6.07, 6.45) is -3.64. The largest absolute Gasteiger partial charge is 0.466 e. The van der Waals surface area contributed by atoms with Crippen LogP contribution in [0.1, 0.15) is 35.6 Å². The van der Waals surface area contributed by atoms with Crippen molar-refractivity contribution in [2.75, 3.05) is 37.7 Å². The third-order valence-corrected chi connectivity index (χ3v) is 6.97. The number of rotatable bonds is 6. The molecule has 1 saturated heterocycles. The van der Waals surface area contributed by atoms with Gasteiger partial charge in [-0.3, -0.25) is 9.69 Å². The number of carbonyl (C=O) groups excluding carboxylic acids is 1. The third kappa shape index (κ3) is 6.29. The van der Waals surface area contributed by atoms with Gasteiger partial charge in [0.1, 0.15) is 5.82 Å². The number of halogens is 4. The zero-order valence-electron chi connectivity index (χ0n) is 19.6. The van der Waals surface area contributed by atoms with Gasteiger partial charge in [0.25, 0.3) is 0 Å². The predicted octanol–water partition coefficient (Wildman–Crippen LogP) is 5.58. The van der Waals surface area contributed by atoms with Gasteiger partial charge in [0.2, 0.25) is 0 Å². The first-order valence-corrected chi connectivity index (χ1v) is 12.3. The Labute approximate surface area is 205 Å². The highest BCUT2D eigenvalue weighted by Crippen LogP contribution is 2.37. The van der Waals surface area contributed by atoms with E-state index in [0.29, 0.717) is 29.5 Å². The molecule has 0 aliphatic carbocycles. The number of alkyl halides is 3. The van der Waals surface area contributed by atoms with Gasteiger partial charge in [0.05, 0.1) is 28.8 Å². The maximum atomic E-state index is 14.0. The number of ether oxygens (including phenoxy) is 1. The fraction of sp³-hybridized carbons (Fsp3) is 0.440. The van der Waals surface area contributed by atoms with Crippen LogP contribution in [0.5, 0.6) is 0 Å². The van der Waals surface area contributed by atoms with E-state index in [0.717, 1.165) is 66.2 Å². The Bertz CT molecular complexity index is 1210. The SMILES string of the molecule is CCOC(=O)Cc1cc(C)cc(CN2CCCN(c3nc4cc(F)c(C(F)(F)F)cc4s3)CC2)c1. The number of benzene rings is 2. The van der Waals surface area contributed by atoms with E-state index in [1.807, 2.05) is 19.1 Å². The van der Waals surface area contributed by atoms with Crippen molar-refractivity contribution in [2.24, 2.45) is 0 Å². The lowest BCUT2D eigenvalue weighted by Crippen LogP contribution is -2.30. The maximum absolute atomic E-state index is 14.0. The van der Waals surface area contributed by atoms with Gasteiger partial charge in [-0.2, -0.15) is 13.2 Å². The normalized spacial score (nSPS) is 15.4. The van der Waals surface area contributed by atoms with Crippen LogP contribution in [0.25, 0.3) is 10.2 Å². The summed E-state index contributed by atoms with van der Waals surface area (Å²) in [4.78, 5) is 20.7. The first-order chi connectivity index (χ1) is 16.6. The van der Waals surface area contributed by atoms with Crippen LogP contribution in [-0.4, -0.2) is 48.6 Å². The predicted molar refractivity (Wildman–Crippen MR) is 128 cm³/mol. The van der Waals surface area contributed by atoms with E-state index < -0.39 is 17.6 Å². The van der Waals surface area contributed by atoms with E-state index in [4.69, 9.17) is 4.74 Å². The highest BCUT2D eigenvalue weighted by molar-refractivity contribution is 7.22. The van der Waals surface area contributed by atoms with Crippen molar-refractivity contribution in [2.45, 2.75) is 39.4 Å². The van der Waals surface area contributed by atoms with E-state index in [-0.39, 0.29) is 17.9 Å². The van der Waals surface area contributed by atoms with Gasteiger partial charge in [-0.15, -0.1) is 0 Å². The Hall–Kier alpha value is -2.72. The first kappa shape index (κ1) is 25.4. The molecule has 0 atom stereocenters. The lowest BCUT2D eigenvalue weighted by atomic mass is 10.0. The molecule has 0 saturated carbocycles. The second-order valence-electron chi connectivity index (χ2n) is 8.72. The third-order valence-electron chi connectivity index (χ3n) is 5.89. The second-order valence-corrected chi connectivity index (χ2v) is 9.73. The number of fused-ring (bicyclic) bond motifs is 1. The Morgan fingerprint density at radius 2 is 1.86 bits per heavy atom. The summed E-state index contributed by atoms with van der Waals surface area (Å²) < 4.78 is 58.5. The molecule has 5 nitrogen and oxygen atoms in total. The number of carbonyl (C=O) groups is 1. The Morgan fingerprint density at radius 3 is 2.60 bits per heavy atom. The van der Waals surface area contributed by atoms with E-state index >= 15 is 0 Å². The summed E-state index contributed by atoms with van der Waals surface area (Å²) in [6.45, 7) is 7.86. The first-order valence-electron chi connectivity index (χ1n) is 11.5. The minimum Gasteiger partial charge on any atom is -0.466 e. The van der Waals surface area contributed by atoms with E-state index in [2.05, 4.69) is 20.9 Å². The van der Waals surface area contributed by atoms with Crippen LogP contribution in [0, 0.1) is 12.7 Å². The lowest BCUT2D eigenvalue weighted by Gasteiger charge is -2.22. The average molecular weight is 510 g/mol. The molecule has 10 heteroatoms. The fourth-order valence-corrected chi connectivity index (χ4v) is 5.43. The minimum absolute atomic E-state index is 0.241. The molecule has 0 radical (unpaired) electrons. The van der Waals surface area contributed by atoms with Gasteiger partial charge in [-0.25, -0.2) is 9.37 Å². The Kier molecular flexibility index (Phi) is 7.61. The molecule has 2 heterocycles. The molecular formula is C25H27F4N3O2S. The molecule has 1 aliphatic rings. The van der Waals surface area contributed by atoms with E-state index in [1.165, 1.54) is 0 Å². The van der Waals surface area contributed by atoms with Crippen molar-refractivity contribution in [1.29, 1.82) is 0 Å². The summed E-state index contributed by atoms with van der Waals surface area (Å²) in [5, 5.41) is 0.604. The maximum Gasteiger partial charge on any atom is 0.419 e. The Morgan fingerprint density at radius 1 is 1.09 bits per heavy atom. The standard InChI is InChI=1S/C25H27F4N3O2S/c1-3-34-23(33)12-17-9-16(2)10-18(11-17)15-31-5-4-6-32(8-7-31)24-30-21-14-20(26)19(25(27,28)29)13-22(21)35-24/h9-11,13-14H,3-8,12,15H2,1-2H3. The van der Waals surface area contributed by atoms with Crippen LogP contribution in [0.4, 0.5) is 22.7 Å². The summed E-state index contributed by atoms with van der Waals surface area (Å²) in [6, 6.07) is 7.85. The number of aryl methyl sites for hydroxylation is 1. The highest BCUT2D eigenvalue weighted by atomic mass is 32.1. The number of thiazole rings is 1. The molecule has 0 N–H and O–H groups in total. The fourth-order valence-electron chi connectivity index (χ4n) is 4.39. The average Bonchev–Trinajstić information content (AvgIpc) is 3.02. The number of esters is 1. The van der Waals surface area contributed by atoms with E-state index in [1.54, 1.807) is 6.92 Å². The van der Waals surface area contributed by atoms with Crippen LogP contribution in [0.15, 0.2) is 30.3 Å². The molecule has 4 rings (SSSR count). The molecule has 35 heavy (non-hydrogen) atoms. The molecule has 1 fully saturated rings. The zero-order chi connectivity index (χ0) is 25.2. The summed E-state index contributed by atoms with van der Waals surface area (Å²) in [5.74, 6) is -1.54. The van der Waals surface area contributed by atoms with Gasteiger partial charge < -0.3 is 9.64 Å². The molecule has 1 aromatic heterocycles. The number of nitrogens with zero attached hydrogens (tertiary/aromatic N) is 3. The quantitative estimate of drug-likeness (QED) is 0.321. The molecule has 1 aliphatic heterocycles.